The van der Waals surface area contributed by atoms with E-state index in [9.17, 15) is 14.0 Å². The van der Waals surface area contributed by atoms with Crippen LogP contribution in [0.1, 0.15) is 16.1 Å². The number of H-pyrrole nitrogens is 1. The number of nitrogens with one attached hydrogen (secondary N) is 2. The molecular weight excluding hydrogens is 275 g/mol. The summed E-state index contributed by atoms with van der Waals surface area (Å²) >= 11 is 0. The van der Waals surface area contributed by atoms with Gasteiger partial charge in [0.05, 0.1) is 18.3 Å². The quantitative estimate of drug-likeness (QED) is 0.699. The number of benzene rings is 1. The van der Waals surface area contributed by atoms with E-state index in [0.29, 0.717) is 0 Å². The van der Waals surface area contributed by atoms with E-state index in [1.807, 2.05) is 0 Å². The molecule has 0 aliphatic heterocycles. The minimum atomic E-state index is -0.567. The van der Waals surface area contributed by atoms with Gasteiger partial charge < -0.3 is 16.0 Å². The van der Waals surface area contributed by atoms with Crippen molar-refractivity contribution in [3.05, 3.63) is 58.0 Å². The number of nitrogens with two attached hydrogens (primary N) is 1. The third-order valence-corrected chi connectivity index (χ3v) is 2.46. The Hall–Kier alpha value is -2.98. The fraction of sp³-hybridized carbons (Fsp3) is 0.0714. The summed E-state index contributed by atoms with van der Waals surface area (Å²) in [6.07, 6.45) is 2.16. The van der Waals surface area contributed by atoms with Gasteiger partial charge >= 0.3 is 0 Å². The van der Waals surface area contributed by atoms with Crippen molar-refractivity contribution in [2.45, 2.75) is 0 Å². The lowest BCUT2D eigenvalue weighted by Gasteiger charge is -2.05. The maximum Gasteiger partial charge on any atom is 0.275 e. The first-order valence-electron chi connectivity index (χ1n) is 5.94. The second-order valence-electron chi connectivity index (χ2n) is 3.95. The average Bonchev–Trinajstić information content (AvgIpc) is 2.47. The van der Waals surface area contributed by atoms with Crippen LogP contribution < -0.4 is 16.6 Å². The Morgan fingerprint density at radius 1 is 1.48 bits per heavy atom. The third kappa shape index (κ3) is 3.75. The number of rotatable bonds is 2. The first-order valence-corrected chi connectivity index (χ1v) is 5.94. The van der Waals surface area contributed by atoms with Crippen LogP contribution >= 0.6 is 0 Å². The highest BCUT2D eigenvalue weighted by molar-refractivity contribution is 6.02. The van der Waals surface area contributed by atoms with Crippen LogP contribution in [0, 0.1) is 17.7 Å². The van der Waals surface area contributed by atoms with E-state index < -0.39 is 17.3 Å². The molecule has 0 saturated heterocycles. The molecule has 4 N–H and O–H groups in total. The molecule has 0 aliphatic carbocycles. The van der Waals surface area contributed by atoms with Gasteiger partial charge in [-0.1, -0.05) is 11.8 Å². The van der Waals surface area contributed by atoms with E-state index in [2.05, 4.69) is 27.1 Å². The number of carbonyl (C=O) groups excluding carboxylic acids is 1. The summed E-state index contributed by atoms with van der Waals surface area (Å²) < 4.78 is 13.7. The van der Waals surface area contributed by atoms with Crippen LogP contribution in [0.15, 0.2) is 35.4 Å². The molecule has 0 radical (unpaired) electrons. The fourth-order valence-corrected chi connectivity index (χ4v) is 1.50. The molecule has 1 aromatic heterocycles. The average molecular weight is 286 g/mol. The molecule has 1 amide bonds. The Bertz CT molecular complexity index is 769. The van der Waals surface area contributed by atoms with Crippen molar-refractivity contribution in [2.75, 3.05) is 11.9 Å². The zero-order valence-corrected chi connectivity index (χ0v) is 10.8. The van der Waals surface area contributed by atoms with Gasteiger partial charge in [-0.05, 0) is 18.2 Å². The van der Waals surface area contributed by atoms with Crippen LogP contribution in [0.2, 0.25) is 0 Å². The zero-order chi connectivity index (χ0) is 15.2. The second kappa shape index (κ2) is 6.45. The standard InChI is InChI=1S/C14H11FN4O2/c15-11-6-10(4-3-9(11)2-1-5-16)19-14(21)12-7-18-13(20)8-17-12/h3-4,6-8H,5,16H2,(H,18,20)(H,19,21). The Balaban J connectivity index is 2.16. The molecule has 6 nitrogen and oxygen atoms in total. The predicted molar refractivity (Wildman–Crippen MR) is 75.1 cm³/mol. The lowest BCUT2D eigenvalue weighted by molar-refractivity contribution is 0.102. The lowest BCUT2D eigenvalue weighted by atomic mass is 10.2. The smallest absolute Gasteiger partial charge is 0.275 e. The molecular formula is C14H11FN4O2. The van der Waals surface area contributed by atoms with Gasteiger partial charge in [0.2, 0.25) is 0 Å². The molecule has 0 atom stereocenters. The second-order valence-corrected chi connectivity index (χ2v) is 3.95. The SMILES string of the molecule is NCC#Cc1ccc(NC(=O)c2c[nH]c(=O)cn2)cc1F. The molecule has 0 fully saturated rings. The van der Waals surface area contributed by atoms with E-state index >= 15 is 0 Å². The Morgan fingerprint density at radius 2 is 2.29 bits per heavy atom. The Kier molecular flexibility index (Phi) is 4.43. The maximum atomic E-state index is 13.7. The molecule has 1 aromatic carbocycles. The summed E-state index contributed by atoms with van der Waals surface area (Å²) in [4.78, 5) is 28.7. The minimum Gasteiger partial charge on any atom is -0.325 e. The Labute approximate surface area is 119 Å². The lowest BCUT2D eigenvalue weighted by Crippen LogP contribution is -2.17. The van der Waals surface area contributed by atoms with E-state index in [1.165, 1.54) is 18.3 Å². The first kappa shape index (κ1) is 14.4. The third-order valence-electron chi connectivity index (χ3n) is 2.46. The van der Waals surface area contributed by atoms with Gasteiger partial charge in [-0.2, -0.15) is 0 Å². The van der Waals surface area contributed by atoms with Crippen molar-refractivity contribution in [2.24, 2.45) is 5.73 Å². The molecule has 0 aliphatic rings. The van der Waals surface area contributed by atoms with Crippen molar-refractivity contribution in [3.8, 4) is 11.8 Å². The highest BCUT2D eigenvalue weighted by atomic mass is 19.1. The maximum absolute atomic E-state index is 13.7. The van der Waals surface area contributed by atoms with Crippen LogP contribution in [0.5, 0.6) is 0 Å². The van der Waals surface area contributed by atoms with Crippen LogP contribution in [-0.2, 0) is 0 Å². The van der Waals surface area contributed by atoms with Crippen molar-refractivity contribution in [1.29, 1.82) is 0 Å². The monoisotopic (exact) mass is 286 g/mol. The van der Waals surface area contributed by atoms with Crippen LogP contribution in [0.25, 0.3) is 0 Å². The van der Waals surface area contributed by atoms with Gasteiger partial charge in [-0.3, -0.25) is 9.59 Å². The van der Waals surface area contributed by atoms with E-state index in [1.54, 1.807) is 0 Å². The van der Waals surface area contributed by atoms with Crippen LogP contribution in [0.4, 0.5) is 10.1 Å². The number of aromatic nitrogens is 2. The molecule has 2 rings (SSSR count). The number of amides is 1. The number of carbonyl (C=O) groups is 1. The van der Waals surface area contributed by atoms with Gasteiger partial charge in [0.15, 0.2) is 0 Å². The van der Waals surface area contributed by atoms with Gasteiger partial charge in [0.25, 0.3) is 11.5 Å². The number of hydrogen-bond acceptors (Lipinski definition) is 4. The largest absolute Gasteiger partial charge is 0.325 e. The van der Waals surface area contributed by atoms with Crippen LogP contribution in [-0.4, -0.2) is 22.4 Å². The summed E-state index contributed by atoms with van der Waals surface area (Å²) in [7, 11) is 0. The summed E-state index contributed by atoms with van der Waals surface area (Å²) in [5.74, 6) is 3.99. The molecule has 0 spiro atoms. The van der Waals surface area contributed by atoms with Crippen LogP contribution in [0.3, 0.4) is 0 Å². The molecule has 2 aromatic rings. The highest BCUT2D eigenvalue weighted by Gasteiger charge is 2.09. The molecule has 0 bridgehead atoms. The summed E-state index contributed by atoms with van der Waals surface area (Å²) in [5.41, 5.74) is 5.26. The minimum absolute atomic E-state index is 0.0157. The normalized spacial score (nSPS) is 9.62. The summed E-state index contributed by atoms with van der Waals surface area (Å²) in [6.45, 7) is 0.135. The molecule has 106 valence electrons. The highest BCUT2D eigenvalue weighted by Crippen LogP contribution is 2.14. The van der Waals surface area contributed by atoms with Crippen molar-refractivity contribution < 1.29 is 9.18 Å². The zero-order valence-electron chi connectivity index (χ0n) is 10.8. The van der Waals surface area contributed by atoms with Crippen molar-refractivity contribution in [1.82, 2.24) is 9.97 Å². The van der Waals surface area contributed by atoms with E-state index in [4.69, 9.17) is 5.73 Å². The number of halogens is 1. The van der Waals surface area contributed by atoms with E-state index in [-0.39, 0.29) is 23.5 Å². The summed E-state index contributed by atoms with van der Waals surface area (Å²) in [6, 6.07) is 4.09. The summed E-state index contributed by atoms with van der Waals surface area (Å²) in [5, 5.41) is 2.47. The molecule has 7 heteroatoms. The number of hydrogen-bond donors (Lipinski definition) is 3. The first-order chi connectivity index (χ1) is 10.1. The molecule has 1 heterocycles. The van der Waals surface area contributed by atoms with Crippen molar-refractivity contribution >= 4 is 11.6 Å². The number of aromatic amines is 1. The Morgan fingerprint density at radius 3 is 2.90 bits per heavy atom. The molecule has 0 saturated carbocycles. The number of nitrogens with zero attached hydrogens (tertiary/aromatic N) is 1. The van der Waals surface area contributed by atoms with Gasteiger partial charge in [-0.15, -0.1) is 0 Å². The number of anilines is 1. The topological polar surface area (TPSA) is 101 Å². The molecule has 21 heavy (non-hydrogen) atoms. The van der Waals surface area contributed by atoms with Gasteiger partial charge in [0, 0.05) is 11.9 Å². The van der Waals surface area contributed by atoms with E-state index in [0.717, 1.165) is 12.3 Å². The molecule has 0 unspecified atom stereocenters. The van der Waals surface area contributed by atoms with Gasteiger partial charge in [-0.25, -0.2) is 9.37 Å². The van der Waals surface area contributed by atoms with Crippen molar-refractivity contribution in [3.63, 3.8) is 0 Å². The fourth-order valence-electron chi connectivity index (χ4n) is 1.50. The predicted octanol–water partition coefficient (Wildman–Crippen LogP) is 0.471. The van der Waals surface area contributed by atoms with Gasteiger partial charge in [0.1, 0.15) is 11.5 Å².